The number of ether oxygens (including phenoxy) is 2. The Bertz CT molecular complexity index is 440. The van der Waals surface area contributed by atoms with Crippen molar-refractivity contribution < 1.29 is 19.4 Å². The van der Waals surface area contributed by atoms with Crippen molar-refractivity contribution >= 4 is 5.97 Å². The fraction of sp³-hybridized carbons (Fsp3) is 0.970. The molecule has 0 bridgehead atoms. The summed E-state index contributed by atoms with van der Waals surface area (Å²) in [7, 11) is 0. The van der Waals surface area contributed by atoms with Crippen LogP contribution < -0.4 is 0 Å². The first-order valence-corrected chi connectivity index (χ1v) is 16.6. The van der Waals surface area contributed by atoms with Gasteiger partial charge in [-0.25, -0.2) is 0 Å². The van der Waals surface area contributed by atoms with Crippen LogP contribution in [0.2, 0.25) is 0 Å². The molecule has 0 heterocycles. The Balaban J connectivity index is 3.38. The zero-order valence-corrected chi connectivity index (χ0v) is 25.3. The molecule has 0 aliphatic rings. The summed E-state index contributed by atoms with van der Waals surface area (Å²) in [5.74, 6) is -0.200. The average Bonchev–Trinajstić information content (AvgIpc) is 2.90. The number of hydrogen-bond donors (Lipinski definition) is 1. The Morgan fingerprint density at radius 1 is 0.541 bits per heavy atom. The van der Waals surface area contributed by atoms with Gasteiger partial charge in [0, 0.05) is 13.0 Å². The van der Waals surface area contributed by atoms with Gasteiger partial charge in [0.15, 0.2) is 0 Å². The molecule has 0 aromatic rings. The van der Waals surface area contributed by atoms with E-state index in [1.165, 1.54) is 141 Å². The molecule has 1 unspecified atom stereocenters. The van der Waals surface area contributed by atoms with Gasteiger partial charge in [-0.3, -0.25) is 4.79 Å². The topological polar surface area (TPSA) is 55.8 Å². The maximum Gasteiger partial charge on any atom is 0.306 e. The van der Waals surface area contributed by atoms with Crippen molar-refractivity contribution in [2.24, 2.45) is 0 Å². The second-order valence-corrected chi connectivity index (χ2v) is 11.3. The molecule has 0 rings (SSSR count). The zero-order chi connectivity index (χ0) is 27.1. The third-order valence-electron chi connectivity index (χ3n) is 7.43. The van der Waals surface area contributed by atoms with Crippen LogP contribution in [0.5, 0.6) is 0 Å². The van der Waals surface area contributed by atoms with E-state index >= 15 is 0 Å². The first-order valence-electron chi connectivity index (χ1n) is 16.6. The molecule has 1 N–H and O–H groups in total. The van der Waals surface area contributed by atoms with Crippen LogP contribution in [0.1, 0.15) is 181 Å². The number of aliphatic hydroxyl groups is 1. The normalized spacial score (nSPS) is 12.2. The molecule has 4 nitrogen and oxygen atoms in total. The standard InChI is InChI=1S/C33H66O4/c1-3-5-7-9-11-13-15-16-17-18-19-21-23-25-27-29-36-31-32(30-34)37-33(35)28-26-24-22-20-14-12-10-8-6-4-2/h32,34H,3-31H2,1-2H3. The zero-order valence-electron chi connectivity index (χ0n) is 25.3. The molecule has 0 radical (unpaired) electrons. The number of esters is 1. The van der Waals surface area contributed by atoms with Crippen LogP contribution in [0.3, 0.4) is 0 Å². The van der Waals surface area contributed by atoms with Gasteiger partial charge in [0.05, 0.1) is 13.2 Å². The molecule has 222 valence electrons. The van der Waals surface area contributed by atoms with Crippen LogP contribution >= 0.6 is 0 Å². The summed E-state index contributed by atoms with van der Waals surface area (Å²) in [6.45, 7) is 5.36. The van der Waals surface area contributed by atoms with Gasteiger partial charge >= 0.3 is 5.97 Å². The van der Waals surface area contributed by atoms with Gasteiger partial charge in [-0.2, -0.15) is 0 Å². The lowest BCUT2D eigenvalue weighted by Crippen LogP contribution is -2.27. The smallest absolute Gasteiger partial charge is 0.306 e. The largest absolute Gasteiger partial charge is 0.457 e. The lowest BCUT2D eigenvalue weighted by molar-refractivity contribution is -0.154. The Labute approximate surface area is 232 Å². The Kier molecular flexibility index (Phi) is 31.1. The van der Waals surface area contributed by atoms with Crippen molar-refractivity contribution in [3.8, 4) is 0 Å². The van der Waals surface area contributed by atoms with Crippen LogP contribution in [0, 0.1) is 0 Å². The molecule has 0 amide bonds. The molecule has 0 aromatic heterocycles. The van der Waals surface area contributed by atoms with E-state index in [1.807, 2.05) is 0 Å². The van der Waals surface area contributed by atoms with E-state index in [4.69, 9.17) is 9.47 Å². The molecule has 4 heteroatoms. The molecule has 0 aliphatic heterocycles. The van der Waals surface area contributed by atoms with Gasteiger partial charge in [0.1, 0.15) is 6.10 Å². The maximum atomic E-state index is 12.0. The van der Waals surface area contributed by atoms with E-state index < -0.39 is 6.10 Å². The summed E-state index contributed by atoms with van der Waals surface area (Å²) in [5.41, 5.74) is 0. The maximum absolute atomic E-state index is 12.0. The average molecular weight is 527 g/mol. The van der Waals surface area contributed by atoms with Crippen LogP contribution in [-0.2, 0) is 14.3 Å². The van der Waals surface area contributed by atoms with Gasteiger partial charge in [0.2, 0.25) is 0 Å². The van der Waals surface area contributed by atoms with Crippen molar-refractivity contribution in [1.29, 1.82) is 0 Å². The Morgan fingerprint density at radius 2 is 0.892 bits per heavy atom. The molecular weight excluding hydrogens is 460 g/mol. The van der Waals surface area contributed by atoms with Crippen molar-refractivity contribution in [3.05, 3.63) is 0 Å². The number of rotatable bonds is 31. The minimum Gasteiger partial charge on any atom is -0.457 e. The summed E-state index contributed by atoms with van der Waals surface area (Å²) in [5, 5.41) is 9.50. The summed E-state index contributed by atoms with van der Waals surface area (Å²) in [6.07, 6.45) is 32.7. The third-order valence-corrected chi connectivity index (χ3v) is 7.43. The highest BCUT2D eigenvalue weighted by atomic mass is 16.6. The number of aliphatic hydroxyl groups excluding tert-OH is 1. The quantitative estimate of drug-likeness (QED) is 0.0721. The molecule has 0 spiro atoms. The summed E-state index contributed by atoms with van der Waals surface area (Å²) in [4.78, 5) is 12.0. The molecule has 0 saturated carbocycles. The number of carbonyl (C=O) groups is 1. The van der Waals surface area contributed by atoms with Crippen LogP contribution in [0.15, 0.2) is 0 Å². The van der Waals surface area contributed by atoms with E-state index in [2.05, 4.69) is 13.8 Å². The Hall–Kier alpha value is -0.610. The predicted octanol–water partition coefficient (Wildman–Crippen LogP) is 10.1. The van der Waals surface area contributed by atoms with Crippen LogP contribution in [0.25, 0.3) is 0 Å². The van der Waals surface area contributed by atoms with Crippen LogP contribution in [-0.4, -0.2) is 37.0 Å². The predicted molar refractivity (Wildman–Crippen MR) is 159 cm³/mol. The summed E-state index contributed by atoms with van der Waals surface area (Å²) >= 11 is 0. The molecule has 37 heavy (non-hydrogen) atoms. The molecule has 0 aliphatic carbocycles. The van der Waals surface area contributed by atoms with E-state index in [-0.39, 0.29) is 12.6 Å². The first kappa shape index (κ1) is 36.4. The second kappa shape index (κ2) is 31.6. The first-order chi connectivity index (χ1) is 18.2. The molecule has 0 saturated heterocycles. The fourth-order valence-corrected chi connectivity index (χ4v) is 4.92. The molecule has 1 atom stereocenters. The van der Waals surface area contributed by atoms with Gasteiger partial charge < -0.3 is 14.6 Å². The fourth-order valence-electron chi connectivity index (χ4n) is 4.92. The van der Waals surface area contributed by atoms with Crippen molar-refractivity contribution in [2.75, 3.05) is 19.8 Å². The number of hydrogen-bond acceptors (Lipinski definition) is 4. The van der Waals surface area contributed by atoms with Gasteiger partial charge in [-0.15, -0.1) is 0 Å². The minimum absolute atomic E-state index is 0.164. The SMILES string of the molecule is CCCCCCCCCCCCCCCCCOCC(CO)OC(=O)CCCCCCCCCCCC. The highest BCUT2D eigenvalue weighted by Gasteiger charge is 2.13. The number of unbranched alkanes of at least 4 members (excludes halogenated alkanes) is 23. The summed E-state index contributed by atoms with van der Waals surface area (Å²) < 4.78 is 11.1. The highest BCUT2D eigenvalue weighted by Crippen LogP contribution is 2.14. The van der Waals surface area contributed by atoms with Crippen LogP contribution in [0.4, 0.5) is 0 Å². The molecule has 0 aromatic carbocycles. The summed E-state index contributed by atoms with van der Waals surface area (Å²) in [6, 6.07) is 0. The van der Waals surface area contributed by atoms with E-state index in [0.29, 0.717) is 19.6 Å². The van der Waals surface area contributed by atoms with E-state index in [9.17, 15) is 9.90 Å². The monoisotopic (exact) mass is 526 g/mol. The second-order valence-electron chi connectivity index (χ2n) is 11.3. The number of carbonyl (C=O) groups excluding carboxylic acids is 1. The minimum atomic E-state index is -0.521. The van der Waals surface area contributed by atoms with Crippen molar-refractivity contribution in [3.63, 3.8) is 0 Å². The van der Waals surface area contributed by atoms with Crippen molar-refractivity contribution in [2.45, 2.75) is 187 Å². The van der Waals surface area contributed by atoms with Gasteiger partial charge in [-0.05, 0) is 12.8 Å². The Morgan fingerprint density at radius 3 is 1.27 bits per heavy atom. The highest BCUT2D eigenvalue weighted by molar-refractivity contribution is 5.69. The van der Waals surface area contributed by atoms with Gasteiger partial charge in [0.25, 0.3) is 0 Å². The lowest BCUT2D eigenvalue weighted by Gasteiger charge is -2.16. The van der Waals surface area contributed by atoms with E-state index in [0.717, 1.165) is 19.3 Å². The lowest BCUT2D eigenvalue weighted by atomic mass is 10.0. The van der Waals surface area contributed by atoms with E-state index in [1.54, 1.807) is 0 Å². The van der Waals surface area contributed by atoms with Crippen molar-refractivity contribution in [1.82, 2.24) is 0 Å². The van der Waals surface area contributed by atoms with Gasteiger partial charge in [-0.1, -0.05) is 162 Å². The third kappa shape index (κ3) is 29.8. The molecular formula is C33H66O4. The molecule has 0 fully saturated rings.